The number of carbonyl (C=O) groups excluding carboxylic acids is 2. The second-order valence-electron chi connectivity index (χ2n) is 6.89. The zero-order valence-electron chi connectivity index (χ0n) is 18.1. The Kier molecular flexibility index (Phi) is 9.87. The molecule has 0 heterocycles. The highest BCUT2D eigenvalue weighted by atomic mass is 16.5. The van der Waals surface area contributed by atoms with Crippen LogP contribution in [-0.2, 0) is 4.74 Å². The van der Waals surface area contributed by atoms with Crippen molar-refractivity contribution >= 4 is 17.5 Å². The largest absolute Gasteiger partial charge is 0.491 e. The molecule has 2 rings (SSSR count). The topological polar surface area (TPSA) is 67.9 Å². The first kappa shape index (κ1) is 23.4. The lowest BCUT2D eigenvalue weighted by atomic mass is 10.1. The van der Waals surface area contributed by atoms with Crippen LogP contribution in [0.25, 0.3) is 0 Å². The molecule has 0 unspecified atom stereocenters. The van der Waals surface area contributed by atoms with E-state index in [4.69, 9.17) is 9.47 Å². The fourth-order valence-electron chi connectivity index (χ4n) is 3.00. The van der Waals surface area contributed by atoms with Gasteiger partial charge in [0, 0.05) is 36.5 Å². The van der Waals surface area contributed by atoms with E-state index in [1.54, 1.807) is 48.5 Å². The van der Waals surface area contributed by atoms with Crippen LogP contribution in [0.1, 0.15) is 54.3 Å². The minimum absolute atomic E-state index is 0.0245. The Morgan fingerprint density at radius 1 is 0.833 bits per heavy atom. The molecule has 30 heavy (non-hydrogen) atoms. The molecule has 0 aromatic heterocycles. The molecule has 0 aliphatic carbocycles. The van der Waals surface area contributed by atoms with Crippen molar-refractivity contribution in [1.29, 1.82) is 0 Å². The summed E-state index contributed by atoms with van der Waals surface area (Å²) in [4.78, 5) is 27.0. The fourth-order valence-corrected chi connectivity index (χ4v) is 3.00. The summed E-state index contributed by atoms with van der Waals surface area (Å²) in [5, 5.41) is 2.86. The Balaban J connectivity index is 1.93. The van der Waals surface area contributed by atoms with Crippen LogP contribution >= 0.6 is 0 Å². The van der Waals surface area contributed by atoms with Crippen LogP contribution in [0.4, 0.5) is 5.69 Å². The molecule has 0 saturated carbocycles. The summed E-state index contributed by atoms with van der Waals surface area (Å²) in [5.41, 5.74) is 1.80. The molecule has 6 nitrogen and oxygen atoms in total. The third kappa shape index (κ3) is 7.19. The number of rotatable bonds is 12. The minimum atomic E-state index is -0.214. The van der Waals surface area contributed by atoms with Crippen molar-refractivity contribution in [2.75, 3.05) is 38.2 Å². The maximum atomic E-state index is 12.6. The lowest BCUT2D eigenvalue weighted by Crippen LogP contribution is -2.32. The van der Waals surface area contributed by atoms with Crippen LogP contribution in [0.5, 0.6) is 5.75 Å². The predicted molar refractivity (Wildman–Crippen MR) is 119 cm³/mol. The Bertz CT molecular complexity index is 782. The van der Waals surface area contributed by atoms with E-state index < -0.39 is 0 Å². The Morgan fingerprint density at radius 2 is 1.43 bits per heavy atom. The average molecular weight is 413 g/mol. The van der Waals surface area contributed by atoms with Gasteiger partial charge in [-0.05, 0) is 68.3 Å². The number of hydrogen-bond acceptors (Lipinski definition) is 4. The molecule has 6 heteroatoms. The number of carbonyl (C=O) groups is 2. The zero-order valence-corrected chi connectivity index (χ0v) is 18.1. The molecule has 0 atom stereocenters. The smallest absolute Gasteiger partial charge is 0.255 e. The summed E-state index contributed by atoms with van der Waals surface area (Å²) in [6, 6.07) is 14.0. The van der Waals surface area contributed by atoms with Gasteiger partial charge in [0.2, 0.25) is 0 Å². The van der Waals surface area contributed by atoms with E-state index in [-0.39, 0.29) is 11.8 Å². The molecule has 1 N–H and O–H groups in total. The molecule has 2 aromatic rings. The molecule has 0 bridgehead atoms. The van der Waals surface area contributed by atoms with Crippen LogP contribution in [0.3, 0.4) is 0 Å². The minimum Gasteiger partial charge on any atom is -0.491 e. The van der Waals surface area contributed by atoms with Crippen LogP contribution in [0.15, 0.2) is 48.5 Å². The molecule has 162 valence electrons. The highest BCUT2D eigenvalue weighted by Gasteiger charge is 2.14. The monoisotopic (exact) mass is 412 g/mol. The molecule has 0 saturated heterocycles. The summed E-state index contributed by atoms with van der Waals surface area (Å²) in [6.45, 7) is 9.22. The highest BCUT2D eigenvalue weighted by Crippen LogP contribution is 2.16. The Labute approximate surface area is 179 Å². The second-order valence-corrected chi connectivity index (χ2v) is 6.89. The molecule has 0 aliphatic rings. The maximum Gasteiger partial charge on any atom is 0.255 e. The summed E-state index contributed by atoms with van der Waals surface area (Å²) < 4.78 is 10.8. The molecule has 0 radical (unpaired) electrons. The van der Waals surface area contributed by atoms with Crippen LogP contribution in [0, 0.1) is 0 Å². The fraction of sp³-hybridized carbons (Fsp3) is 0.417. The van der Waals surface area contributed by atoms with E-state index in [0.29, 0.717) is 42.4 Å². The average Bonchev–Trinajstić information content (AvgIpc) is 2.77. The van der Waals surface area contributed by atoms with E-state index >= 15 is 0 Å². The lowest BCUT2D eigenvalue weighted by molar-refractivity contribution is 0.0755. The van der Waals surface area contributed by atoms with E-state index in [0.717, 1.165) is 25.9 Å². The normalized spacial score (nSPS) is 10.5. The van der Waals surface area contributed by atoms with Crippen LogP contribution in [-0.4, -0.2) is 49.6 Å². The van der Waals surface area contributed by atoms with Gasteiger partial charge in [0.15, 0.2) is 0 Å². The molecular weight excluding hydrogens is 380 g/mol. The Hall–Kier alpha value is -2.86. The first-order chi connectivity index (χ1) is 14.6. The van der Waals surface area contributed by atoms with Crippen molar-refractivity contribution in [2.24, 2.45) is 0 Å². The first-order valence-corrected chi connectivity index (χ1v) is 10.6. The van der Waals surface area contributed by atoms with Gasteiger partial charge < -0.3 is 19.7 Å². The number of nitrogens with one attached hydrogen (secondary N) is 1. The van der Waals surface area contributed by atoms with Crippen molar-refractivity contribution < 1.29 is 19.1 Å². The van der Waals surface area contributed by atoms with Crippen molar-refractivity contribution in [1.82, 2.24) is 4.90 Å². The number of ether oxygens (including phenoxy) is 2. The van der Waals surface area contributed by atoms with Gasteiger partial charge in [-0.2, -0.15) is 0 Å². The van der Waals surface area contributed by atoms with Gasteiger partial charge in [0.25, 0.3) is 11.8 Å². The van der Waals surface area contributed by atoms with E-state index in [9.17, 15) is 9.59 Å². The summed E-state index contributed by atoms with van der Waals surface area (Å²) >= 11 is 0. The van der Waals surface area contributed by atoms with Gasteiger partial charge >= 0.3 is 0 Å². The van der Waals surface area contributed by atoms with Gasteiger partial charge in [-0.25, -0.2) is 0 Å². The highest BCUT2D eigenvalue weighted by molar-refractivity contribution is 6.04. The third-order valence-corrected chi connectivity index (χ3v) is 4.48. The molecule has 0 fully saturated rings. The van der Waals surface area contributed by atoms with E-state index in [1.165, 1.54) is 0 Å². The molecule has 2 amide bonds. The quantitative estimate of drug-likeness (QED) is 0.517. The SMILES string of the molecule is CCCN(CCC)C(=O)c1ccc(NC(=O)c2ccc(OCCOCC)cc2)cc1. The van der Waals surface area contributed by atoms with Gasteiger partial charge in [0.05, 0.1) is 6.61 Å². The zero-order chi connectivity index (χ0) is 21.8. The lowest BCUT2D eigenvalue weighted by Gasteiger charge is -2.21. The summed E-state index contributed by atoms with van der Waals surface area (Å²) in [7, 11) is 0. The molecule has 0 spiro atoms. The van der Waals surface area contributed by atoms with Crippen LogP contribution in [0.2, 0.25) is 0 Å². The molecule has 0 aliphatic heterocycles. The van der Waals surface area contributed by atoms with Crippen molar-refractivity contribution in [3.8, 4) is 5.75 Å². The van der Waals surface area contributed by atoms with Crippen LogP contribution < -0.4 is 10.1 Å². The number of amides is 2. The van der Waals surface area contributed by atoms with Gasteiger partial charge in [-0.1, -0.05) is 13.8 Å². The van der Waals surface area contributed by atoms with E-state index in [1.807, 2.05) is 11.8 Å². The number of nitrogens with zero attached hydrogens (tertiary/aromatic N) is 1. The standard InChI is InChI=1S/C24H32N2O4/c1-4-15-26(16-5-2)24(28)20-7-11-21(12-8-20)25-23(27)19-9-13-22(14-10-19)30-18-17-29-6-3/h7-14H,4-6,15-18H2,1-3H3,(H,25,27). The van der Waals surface area contributed by atoms with Gasteiger partial charge in [-0.3, -0.25) is 9.59 Å². The van der Waals surface area contributed by atoms with Crippen molar-refractivity contribution in [3.63, 3.8) is 0 Å². The van der Waals surface area contributed by atoms with Gasteiger partial charge in [-0.15, -0.1) is 0 Å². The Morgan fingerprint density at radius 3 is 2.00 bits per heavy atom. The molecular formula is C24H32N2O4. The van der Waals surface area contributed by atoms with Crippen molar-refractivity contribution in [2.45, 2.75) is 33.6 Å². The predicted octanol–water partition coefficient (Wildman–Crippen LogP) is 4.62. The number of anilines is 1. The second kappa shape index (κ2) is 12.6. The third-order valence-electron chi connectivity index (χ3n) is 4.48. The summed E-state index contributed by atoms with van der Waals surface area (Å²) in [5.74, 6) is 0.503. The first-order valence-electron chi connectivity index (χ1n) is 10.6. The maximum absolute atomic E-state index is 12.6. The van der Waals surface area contributed by atoms with Crippen molar-refractivity contribution in [3.05, 3.63) is 59.7 Å². The van der Waals surface area contributed by atoms with E-state index in [2.05, 4.69) is 19.2 Å². The molecule has 2 aromatic carbocycles. The number of hydrogen-bond donors (Lipinski definition) is 1. The number of benzene rings is 2. The summed E-state index contributed by atoms with van der Waals surface area (Å²) in [6.07, 6.45) is 1.85. The van der Waals surface area contributed by atoms with Gasteiger partial charge in [0.1, 0.15) is 12.4 Å².